The molecule has 2 aliphatic carbocycles. The summed E-state index contributed by atoms with van der Waals surface area (Å²) in [4.78, 5) is 14.6. The highest BCUT2D eigenvalue weighted by Gasteiger charge is 2.59. The lowest BCUT2D eigenvalue weighted by molar-refractivity contribution is 0.666. The van der Waals surface area contributed by atoms with E-state index < -0.39 is 0 Å². The van der Waals surface area contributed by atoms with Crippen molar-refractivity contribution < 1.29 is 0 Å². The molecule has 45 heavy (non-hydrogen) atoms. The highest BCUT2D eigenvalue weighted by molar-refractivity contribution is 14.1. The smallest absolute Gasteiger partial charge is 0.189 e. The SMILES string of the molecule is Cc1nc(C#CC23CNCC2C3)cs1.N#Cc1cccc(I)c1.[C-]#[N+]c1cccc(N2CC3CC3(C#Cc3csc(C)n3)C2)c1. The van der Waals surface area contributed by atoms with Crippen LogP contribution in [0.4, 0.5) is 11.4 Å². The van der Waals surface area contributed by atoms with Crippen molar-refractivity contribution in [3.63, 3.8) is 0 Å². The number of hydrogen-bond donors (Lipinski definition) is 1. The number of fused-ring (bicyclic) bond motifs is 2. The average molecular weight is 739 g/mol. The quantitative estimate of drug-likeness (QED) is 0.125. The maximum absolute atomic E-state index is 8.41. The summed E-state index contributed by atoms with van der Waals surface area (Å²) in [5.41, 5.74) is 4.88. The molecule has 6 nitrogen and oxygen atoms in total. The molecule has 2 saturated carbocycles. The Morgan fingerprint density at radius 2 is 1.67 bits per heavy atom. The molecule has 9 heteroatoms. The topological polar surface area (TPSA) is 69.2 Å². The normalized spacial score (nSPS) is 24.3. The Kier molecular flexibility index (Phi) is 9.27. The Hall–Kier alpha value is -3.71. The molecule has 4 aliphatic rings. The highest BCUT2D eigenvalue weighted by Crippen LogP contribution is 2.58. The average Bonchev–Trinajstić information content (AvgIpc) is 3.50. The second-order valence-electron chi connectivity index (χ2n) is 11.9. The Labute approximate surface area is 286 Å². The number of halogens is 1. The molecule has 1 N–H and O–H groups in total. The monoisotopic (exact) mass is 738 g/mol. The number of aromatic nitrogens is 2. The molecule has 4 aromatic rings. The van der Waals surface area contributed by atoms with Crippen molar-refractivity contribution >= 4 is 56.6 Å². The first kappa shape index (κ1) is 31.3. The van der Waals surface area contributed by atoms with Crippen molar-refractivity contribution in [2.45, 2.75) is 26.7 Å². The summed E-state index contributed by atoms with van der Waals surface area (Å²) in [6.45, 7) is 15.4. The molecule has 4 heterocycles. The number of nitriles is 1. The van der Waals surface area contributed by atoms with Crippen LogP contribution in [0.3, 0.4) is 0 Å². The number of rotatable bonds is 1. The third kappa shape index (κ3) is 7.58. The molecular formula is C36H31IN6S2. The summed E-state index contributed by atoms with van der Waals surface area (Å²) in [5.74, 6) is 14.8. The van der Waals surface area contributed by atoms with Crippen LogP contribution in [0.1, 0.15) is 39.8 Å². The number of aryl methyl sites for hydroxylation is 2. The minimum absolute atomic E-state index is 0.144. The van der Waals surface area contributed by atoms with E-state index in [0.29, 0.717) is 17.0 Å². The van der Waals surface area contributed by atoms with Gasteiger partial charge >= 0.3 is 0 Å². The zero-order valence-corrected chi connectivity index (χ0v) is 28.9. The van der Waals surface area contributed by atoms with Gasteiger partial charge in [-0.05, 0) is 110 Å². The summed E-state index contributed by atoms with van der Waals surface area (Å²) in [6.07, 6.45) is 2.48. The van der Waals surface area contributed by atoms with Gasteiger partial charge in [0.05, 0.1) is 33.6 Å². The fourth-order valence-corrected chi connectivity index (χ4v) is 7.57. The van der Waals surface area contributed by atoms with Crippen LogP contribution in [0.15, 0.2) is 59.3 Å². The molecular weight excluding hydrogens is 707 g/mol. The summed E-state index contributed by atoms with van der Waals surface area (Å²) in [6, 6.07) is 17.4. The van der Waals surface area contributed by atoms with Crippen molar-refractivity contribution in [1.82, 2.24) is 15.3 Å². The van der Waals surface area contributed by atoms with E-state index in [-0.39, 0.29) is 5.41 Å². The standard InChI is InChI=1S/C18H15N3S.C11H12N2S.C7H4IN/c1-13-20-16(11-22-13)6-7-18-9-14(18)10-21(12-18)17-5-3-4-15(8-17)19-2;1-8-13-10(6-14-8)2-3-11-4-9(11)5-12-7-11;8-7-3-1-2-6(4-7)5-9/h3-5,8,11,14H,9-10,12H2,1H3;6,9,12H,4-5,7H2,1H3;1-4H. The van der Waals surface area contributed by atoms with Gasteiger partial charge < -0.3 is 10.2 Å². The number of benzene rings is 2. The van der Waals surface area contributed by atoms with E-state index in [1.165, 1.54) is 12.8 Å². The van der Waals surface area contributed by atoms with Crippen LogP contribution in [0.2, 0.25) is 0 Å². The van der Waals surface area contributed by atoms with Gasteiger partial charge in [0, 0.05) is 45.1 Å². The van der Waals surface area contributed by atoms with Gasteiger partial charge in [0.25, 0.3) is 0 Å². The molecule has 2 aliphatic heterocycles. The summed E-state index contributed by atoms with van der Waals surface area (Å²) in [5, 5.41) is 18.0. The first-order valence-corrected chi connectivity index (χ1v) is 17.6. The summed E-state index contributed by atoms with van der Waals surface area (Å²) in [7, 11) is 0. The third-order valence-electron chi connectivity index (χ3n) is 8.60. The molecule has 4 atom stereocenters. The van der Waals surface area contributed by atoms with Crippen LogP contribution in [0.25, 0.3) is 4.85 Å². The summed E-state index contributed by atoms with van der Waals surface area (Å²) < 4.78 is 1.10. The molecule has 0 radical (unpaired) electrons. The van der Waals surface area contributed by atoms with Gasteiger partial charge in [0.1, 0.15) is 11.4 Å². The predicted octanol–water partition coefficient (Wildman–Crippen LogP) is 7.46. The van der Waals surface area contributed by atoms with Crippen molar-refractivity contribution in [3.05, 3.63) is 101 Å². The number of anilines is 1. The summed E-state index contributed by atoms with van der Waals surface area (Å²) >= 11 is 5.50. The van der Waals surface area contributed by atoms with Crippen LogP contribution in [-0.2, 0) is 0 Å². The predicted molar refractivity (Wildman–Crippen MR) is 190 cm³/mol. The van der Waals surface area contributed by atoms with Crippen molar-refractivity contribution in [2.75, 3.05) is 31.1 Å². The molecule has 4 fully saturated rings. The molecule has 4 unspecified atom stereocenters. The van der Waals surface area contributed by atoms with E-state index in [1.54, 1.807) is 28.7 Å². The number of hydrogen-bond acceptors (Lipinski definition) is 7. The highest BCUT2D eigenvalue weighted by atomic mass is 127. The van der Waals surface area contributed by atoms with Gasteiger partial charge in [-0.25, -0.2) is 14.8 Å². The van der Waals surface area contributed by atoms with Gasteiger partial charge in [0.15, 0.2) is 5.69 Å². The lowest BCUT2D eigenvalue weighted by atomic mass is 10.1. The maximum atomic E-state index is 8.41. The number of thiazole rings is 2. The fourth-order valence-electron chi connectivity index (χ4n) is 5.94. The lowest BCUT2D eigenvalue weighted by Crippen LogP contribution is -2.23. The van der Waals surface area contributed by atoms with Gasteiger partial charge in [-0.1, -0.05) is 30.0 Å². The minimum Gasteiger partial charge on any atom is -0.371 e. The van der Waals surface area contributed by atoms with Gasteiger partial charge in [0.2, 0.25) is 0 Å². The van der Waals surface area contributed by atoms with E-state index in [2.05, 4.69) is 83.4 Å². The third-order valence-corrected chi connectivity index (χ3v) is 10.8. The molecule has 0 bridgehead atoms. The number of nitrogens with one attached hydrogen (secondary N) is 1. The van der Waals surface area contributed by atoms with Gasteiger partial charge in [-0.15, -0.1) is 22.7 Å². The van der Waals surface area contributed by atoms with E-state index in [9.17, 15) is 0 Å². The zero-order chi connectivity index (χ0) is 31.4. The Bertz CT molecular complexity index is 1930. The first-order valence-electron chi connectivity index (χ1n) is 14.8. The Balaban J connectivity index is 0.000000132. The van der Waals surface area contributed by atoms with Crippen LogP contribution in [0, 0.1) is 81.7 Å². The number of piperidine rings is 2. The van der Waals surface area contributed by atoms with Gasteiger partial charge in [-0.3, -0.25) is 0 Å². The minimum atomic E-state index is 0.144. The maximum Gasteiger partial charge on any atom is 0.189 e. The Morgan fingerprint density at radius 1 is 0.978 bits per heavy atom. The van der Waals surface area contributed by atoms with Crippen LogP contribution >= 0.6 is 45.3 Å². The number of nitrogens with zero attached hydrogens (tertiary/aromatic N) is 5. The van der Waals surface area contributed by atoms with E-state index in [0.717, 1.165) is 68.3 Å². The second-order valence-corrected chi connectivity index (χ2v) is 15.3. The van der Waals surface area contributed by atoms with Crippen molar-refractivity contribution in [3.8, 4) is 29.8 Å². The van der Waals surface area contributed by atoms with Crippen LogP contribution < -0.4 is 10.2 Å². The van der Waals surface area contributed by atoms with Gasteiger partial charge in [-0.2, -0.15) is 5.26 Å². The second kappa shape index (κ2) is 13.3. The van der Waals surface area contributed by atoms with E-state index in [1.807, 2.05) is 61.0 Å². The first-order chi connectivity index (χ1) is 21.8. The molecule has 0 amide bonds. The van der Waals surface area contributed by atoms with Crippen molar-refractivity contribution in [1.29, 1.82) is 5.26 Å². The van der Waals surface area contributed by atoms with Crippen LogP contribution in [-0.4, -0.2) is 36.1 Å². The van der Waals surface area contributed by atoms with Crippen molar-refractivity contribution in [2.24, 2.45) is 22.7 Å². The lowest BCUT2D eigenvalue weighted by Gasteiger charge is -2.21. The molecule has 224 valence electrons. The zero-order valence-electron chi connectivity index (χ0n) is 25.1. The molecule has 2 aromatic carbocycles. The molecule has 8 rings (SSSR count). The van der Waals surface area contributed by atoms with E-state index in [4.69, 9.17) is 11.8 Å². The molecule has 2 aromatic heterocycles. The molecule has 0 spiro atoms. The largest absolute Gasteiger partial charge is 0.371 e. The molecule has 2 saturated heterocycles. The fraction of sp³-hybridized carbons (Fsp3) is 0.333. The van der Waals surface area contributed by atoms with Crippen LogP contribution in [0.5, 0.6) is 0 Å². The van der Waals surface area contributed by atoms with E-state index >= 15 is 0 Å². The Morgan fingerprint density at radius 3 is 2.22 bits per heavy atom.